The zero-order chi connectivity index (χ0) is 15.5. The summed E-state index contributed by atoms with van der Waals surface area (Å²) >= 11 is 0. The van der Waals surface area contributed by atoms with Crippen LogP contribution in [0.4, 0.5) is 11.5 Å². The van der Waals surface area contributed by atoms with Crippen molar-refractivity contribution in [1.29, 1.82) is 5.41 Å². The van der Waals surface area contributed by atoms with Crippen LogP contribution in [0.3, 0.4) is 0 Å². The number of aromatic nitrogens is 1. The smallest absolute Gasteiger partial charge is 0.129 e. The van der Waals surface area contributed by atoms with Gasteiger partial charge in [-0.2, -0.15) is 0 Å². The van der Waals surface area contributed by atoms with Crippen LogP contribution in [0, 0.1) is 5.41 Å². The topological polar surface area (TPSA) is 69.2 Å². The van der Waals surface area contributed by atoms with Crippen LogP contribution >= 0.6 is 0 Å². The molecule has 1 fully saturated rings. The third-order valence-electron chi connectivity index (χ3n) is 4.09. The van der Waals surface area contributed by atoms with Gasteiger partial charge in [0.05, 0.1) is 5.71 Å². The molecule has 0 unspecified atom stereocenters. The minimum absolute atomic E-state index is 0.441. The fourth-order valence-corrected chi connectivity index (χ4v) is 2.66. The van der Waals surface area contributed by atoms with E-state index in [1.165, 1.54) is 0 Å². The Morgan fingerprint density at radius 2 is 1.86 bits per heavy atom. The Hall–Kier alpha value is -2.40. The number of nitrogens with two attached hydrogens (primary N) is 1. The minimum Gasteiger partial charge on any atom is -0.398 e. The van der Waals surface area contributed by atoms with Crippen molar-refractivity contribution in [3.8, 4) is 0 Å². The summed E-state index contributed by atoms with van der Waals surface area (Å²) < 4.78 is 0. The van der Waals surface area contributed by atoms with Crippen LogP contribution in [0.2, 0.25) is 0 Å². The molecular formula is C17H21N5. The number of nitrogens with one attached hydrogen (secondary N) is 1. The molecule has 0 radical (unpaired) electrons. The molecule has 1 aromatic heterocycles. The molecule has 0 spiro atoms. The molecule has 3 N–H and O–H groups in total. The van der Waals surface area contributed by atoms with E-state index in [2.05, 4.69) is 21.8 Å². The summed E-state index contributed by atoms with van der Waals surface area (Å²) in [4.78, 5) is 9.05. The molecule has 2 aromatic rings. The average molecular weight is 295 g/mol. The number of para-hydroxylation sites is 1. The number of nitrogen functional groups attached to an aromatic ring is 1. The maximum absolute atomic E-state index is 8.42. The van der Waals surface area contributed by atoms with Gasteiger partial charge in [0, 0.05) is 49.2 Å². The third-order valence-corrected chi connectivity index (χ3v) is 4.09. The molecule has 5 heteroatoms. The second-order valence-corrected chi connectivity index (χ2v) is 5.66. The first-order valence-corrected chi connectivity index (χ1v) is 7.48. The molecule has 0 aliphatic carbocycles. The predicted octanol–water partition coefficient (Wildman–Crippen LogP) is 1.83. The Labute approximate surface area is 130 Å². The van der Waals surface area contributed by atoms with Gasteiger partial charge in [-0.25, -0.2) is 4.98 Å². The molecule has 1 aliphatic heterocycles. The highest BCUT2D eigenvalue weighted by Gasteiger charge is 2.16. The lowest BCUT2D eigenvalue weighted by Crippen LogP contribution is -2.44. The second kappa shape index (κ2) is 6.15. The van der Waals surface area contributed by atoms with E-state index in [0.717, 1.165) is 43.1 Å². The minimum atomic E-state index is 0.441. The monoisotopic (exact) mass is 295 g/mol. The van der Waals surface area contributed by atoms with Crippen molar-refractivity contribution in [1.82, 2.24) is 9.88 Å². The highest BCUT2D eigenvalue weighted by molar-refractivity contribution is 6.14. The molecule has 0 saturated carbocycles. The van der Waals surface area contributed by atoms with Crippen LogP contribution in [-0.2, 0) is 0 Å². The number of hydrogen-bond donors (Lipinski definition) is 2. The Morgan fingerprint density at radius 1 is 1.14 bits per heavy atom. The van der Waals surface area contributed by atoms with Gasteiger partial charge in [-0.3, -0.25) is 5.41 Å². The standard InChI is InChI=1S/C17H21N5/c1-21-8-10-22(11-9-21)16-12-13(6-7-20-16)17(19)14-4-2-3-5-15(14)18/h2-7,12,19H,8-11,18H2,1H3. The van der Waals surface area contributed by atoms with Gasteiger partial charge in [-0.15, -0.1) is 0 Å². The Bertz CT molecular complexity index is 674. The lowest BCUT2D eigenvalue weighted by Gasteiger charge is -2.33. The predicted molar refractivity (Wildman–Crippen MR) is 90.7 cm³/mol. The Morgan fingerprint density at radius 3 is 2.59 bits per heavy atom. The fourth-order valence-electron chi connectivity index (χ4n) is 2.66. The number of anilines is 2. The van der Waals surface area contributed by atoms with E-state index in [1.54, 1.807) is 6.20 Å². The zero-order valence-electron chi connectivity index (χ0n) is 12.8. The number of benzene rings is 1. The number of rotatable bonds is 3. The first-order chi connectivity index (χ1) is 10.6. The first-order valence-electron chi connectivity index (χ1n) is 7.48. The maximum atomic E-state index is 8.42. The van der Waals surface area contributed by atoms with E-state index in [0.29, 0.717) is 11.4 Å². The van der Waals surface area contributed by atoms with Crippen LogP contribution in [0.25, 0.3) is 0 Å². The molecule has 1 aromatic carbocycles. The lowest BCUT2D eigenvalue weighted by atomic mass is 10.0. The van der Waals surface area contributed by atoms with Crippen LogP contribution in [0.1, 0.15) is 11.1 Å². The number of hydrogen-bond acceptors (Lipinski definition) is 5. The summed E-state index contributed by atoms with van der Waals surface area (Å²) in [6.45, 7) is 4.01. The second-order valence-electron chi connectivity index (χ2n) is 5.66. The average Bonchev–Trinajstić information content (AvgIpc) is 2.55. The van der Waals surface area contributed by atoms with Crippen molar-refractivity contribution in [2.45, 2.75) is 0 Å². The van der Waals surface area contributed by atoms with E-state index in [1.807, 2.05) is 36.4 Å². The van der Waals surface area contributed by atoms with Gasteiger partial charge in [0.2, 0.25) is 0 Å². The van der Waals surface area contributed by atoms with Crippen LogP contribution in [0.15, 0.2) is 42.6 Å². The van der Waals surface area contributed by atoms with Gasteiger partial charge in [-0.1, -0.05) is 18.2 Å². The summed E-state index contributed by atoms with van der Waals surface area (Å²) in [5.41, 5.74) is 8.66. The zero-order valence-corrected chi connectivity index (χ0v) is 12.8. The van der Waals surface area contributed by atoms with Gasteiger partial charge in [-0.05, 0) is 25.2 Å². The van der Waals surface area contributed by atoms with Gasteiger partial charge in [0.1, 0.15) is 5.82 Å². The van der Waals surface area contributed by atoms with E-state index >= 15 is 0 Å². The van der Waals surface area contributed by atoms with Gasteiger partial charge in [0.15, 0.2) is 0 Å². The van der Waals surface area contributed by atoms with E-state index < -0.39 is 0 Å². The highest BCUT2D eigenvalue weighted by atomic mass is 15.3. The Kier molecular flexibility index (Phi) is 4.06. The number of nitrogens with zero attached hydrogens (tertiary/aromatic N) is 3. The van der Waals surface area contributed by atoms with E-state index in [-0.39, 0.29) is 0 Å². The molecule has 1 saturated heterocycles. The lowest BCUT2D eigenvalue weighted by molar-refractivity contribution is 0.312. The molecule has 1 aliphatic rings. The number of pyridine rings is 1. The summed E-state index contributed by atoms with van der Waals surface area (Å²) in [5, 5.41) is 8.42. The molecule has 22 heavy (non-hydrogen) atoms. The van der Waals surface area contributed by atoms with Crippen molar-refractivity contribution in [2.24, 2.45) is 0 Å². The summed E-state index contributed by atoms with van der Waals surface area (Å²) in [6, 6.07) is 11.4. The molecular weight excluding hydrogens is 274 g/mol. The Balaban J connectivity index is 1.85. The first kappa shape index (κ1) is 14.5. The van der Waals surface area contributed by atoms with Crippen molar-refractivity contribution in [2.75, 3.05) is 43.9 Å². The summed E-state index contributed by atoms with van der Waals surface area (Å²) in [7, 11) is 2.13. The number of piperazine rings is 1. The molecule has 5 nitrogen and oxygen atoms in total. The molecule has 3 rings (SSSR count). The quantitative estimate of drug-likeness (QED) is 0.669. The summed E-state index contributed by atoms with van der Waals surface area (Å²) in [6.07, 6.45) is 1.77. The van der Waals surface area contributed by atoms with Gasteiger partial charge < -0.3 is 15.5 Å². The normalized spacial score (nSPS) is 15.8. The summed E-state index contributed by atoms with van der Waals surface area (Å²) in [5.74, 6) is 0.935. The van der Waals surface area contributed by atoms with E-state index in [9.17, 15) is 0 Å². The largest absolute Gasteiger partial charge is 0.398 e. The van der Waals surface area contributed by atoms with Gasteiger partial charge in [0.25, 0.3) is 0 Å². The van der Waals surface area contributed by atoms with E-state index in [4.69, 9.17) is 11.1 Å². The molecule has 2 heterocycles. The maximum Gasteiger partial charge on any atom is 0.129 e. The van der Waals surface area contributed by atoms with Crippen molar-refractivity contribution in [3.05, 3.63) is 53.7 Å². The SMILES string of the molecule is CN1CCN(c2cc(C(=N)c3ccccc3N)ccn2)CC1. The molecule has 114 valence electrons. The van der Waals surface area contributed by atoms with Crippen molar-refractivity contribution < 1.29 is 0 Å². The highest BCUT2D eigenvalue weighted by Crippen LogP contribution is 2.20. The number of likely N-dealkylation sites (N-methyl/N-ethyl adjacent to an activating group) is 1. The molecule has 0 atom stereocenters. The fraction of sp³-hybridized carbons (Fsp3) is 0.294. The molecule has 0 bridgehead atoms. The van der Waals surface area contributed by atoms with Crippen LogP contribution in [0.5, 0.6) is 0 Å². The van der Waals surface area contributed by atoms with Gasteiger partial charge >= 0.3 is 0 Å². The van der Waals surface area contributed by atoms with Crippen LogP contribution in [-0.4, -0.2) is 48.8 Å². The van der Waals surface area contributed by atoms with Crippen molar-refractivity contribution >= 4 is 17.2 Å². The van der Waals surface area contributed by atoms with Crippen molar-refractivity contribution in [3.63, 3.8) is 0 Å². The van der Waals surface area contributed by atoms with Crippen LogP contribution < -0.4 is 10.6 Å². The third kappa shape index (κ3) is 2.94. The molecule has 0 amide bonds.